The number of rotatable bonds is 6. The molecule has 0 amide bonds. The average Bonchev–Trinajstić information content (AvgIpc) is 2.95. The molecule has 0 bridgehead atoms. The van der Waals surface area contributed by atoms with Crippen LogP contribution in [0.2, 0.25) is 0 Å². The molecule has 2 aromatic rings. The van der Waals surface area contributed by atoms with E-state index < -0.39 is 0 Å². The molecule has 1 aliphatic rings. The number of thioether (sulfide) groups is 1. The van der Waals surface area contributed by atoms with Gasteiger partial charge in [0.05, 0.1) is 16.7 Å². The van der Waals surface area contributed by atoms with Crippen molar-refractivity contribution in [3.63, 3.8) is 0 Å². The Kier molecular flexibility index (Phi) is 5.62. The lowest BCUT2D eigenvalue weighted by atomic mass is 9.97. The van der Waals surface area contributed by atoms with Gasteiger partial charge in [-0.05, 0) is 44.6 Å². The van der Waals surface area contributed by atoms with Gasteiger partial charge in [0.25, 0.3) is 5.56 Å². The second-order valence-electron chi connectivity index (χ2n) is 6.34. The van der Waals surface area contributed by atoms with E-state index in [9.17, 15) is 4.79 Å². The molecule has 0 unspecified atom stereocenters. The van der Waals surface area contributed by atoms with Gasteiger partial charge in [0.2, 0.25) is 0 Å². The third-order valence-corrected chi connectivity index (χ3v) is 6.66. The fourth-order valence-corrected chi connectivity index (χ4v) is 5.34. The van der Waals surface area contributed by atoms with E-state index in [2.05, 4.69) is 13.0 Å². The van der Waals surface area contributed by atoms with Crippen LogP contribution in [0.5, 0.6) is 0 Å². The van der Waals surface area contributed by atoms with Crippen molar-refractivity contribution in [1.82, 2.24) is 9.55 Å². The maximum absolute atomic E-state index is 13.2. The van der Waals surface area contributed by atoms with Crippen molar-refractivity contribution in [2.75, 3.05) is 0 Å². The highest BCUT2D eigenvalue weighted by Gasteiger charge is 2.22. The molecule has 1 atom stereocenters. The maximum atomic E-state index is 13.2. The molecule has 0 aliphatic heterocycles. The molecular weight excluding hydrogens is 338 g/mol. The Morgan fingerprint density at radius 2 is 2.17 bits per heavy atom. The molecule has 6 heteroatoms. The van der Waals surface area contributed by atoms with Gasteiger partial charge in [-0.2, -0.15) is 5.26 Å². The fraction of sp³-hybridized carbons (Fsp3) is 0.611. The first-order chi connectivity index (χ1) is 11.7. The topological polar surface area (TPSA) is 58.7 Å². The summed E-state index contributed by atoms with van der Waals surface area (Å²) in [6.07, 6.45) is 7.64. The Morgan fingerprint density at radius 3 is 2.92 bits per heavy atom. The highest BCUT2D eigenvalue weighted by Crippen LogP contribution is 2.35. The maximum Gasteiger partial charge on any atom is 0.263 e. The molecule has 128 valence electrons. The second-order valence-corrected chi connectivity index (χ2v) is 8.73. The predicted octanol–water partition coefficient (Wildman–Crippen LogP) is 4.53. The third kappa shape index (κ3) is 3.38. The number of nitriles is 1. The van der Waals surface area contributed by atoms with Gasteiger partial charge in [-0.1, -0.05) is 31.5 Å². The fourth-order valence-electron chi connectivity index (χ4n) is 3.21. The number of hydrogen-bond acceptors (Lipinski definition) is 5. The normalized spacial score (nSPS) is 15.2. The van der Waals surface area contributed by atoms with Crippen LogP contribution in [0.4, 0.5) is 0 Å². The largest absolute Gasteiger partial charge is 0.287 e. The van der Waals surface area contributed by atoms with Crippen molar-refractivity contribution in [1.29, 1.82) is 5.26 Å². The molecule has 0 saturated carbocycles. The molecule has 1 aliphatic carbocycles. The van der Waals surface area contributed by atoms with Crippen LogP contribution in [0.1, 0.15) is 56.4 Å². The third-order valence-electron chi connectivity index (χ3n) is 4.49. The Balaban J connectivity index is 2.11. The number of fused-ring (bicyclic) bond motifs is 3. The van der Waals surface area contributed by atoms with E-state index in [0.29, 0.717) is 11.7 Å². The standard InChI is InChI=1S/C18H23N3OS2/c1-3-4-7-10-21-17(22)15-13-8-5-6-9-14(13)24-16(15)20-18(21)23-12(2)11-19/h12H,3-10H2,1-2H3/t12-/m0/s1. The van der Waals surface area contributed by atoms with Crippen LogP contribution < -0.4 is 5.56 Å². The van der Waals surface area contributed by atoms with Crippen LogP contribution in [0, 0.1) is 11.3 Å². The monoisotopic (exact) mass is 361 g/mol. The van der Waals surface area contributed by atoms with Gasteiger partial charge in [0.1, 0.15) is 4.83 Å². The summed E-state index contributed by atoms with van der Waals surface area (Å²) in [5.74, 6) is 0. The minimum atomic E-state index is -0.207. The minimum absolute atomic E-state index is 0.100. The van der Waals surface area contributed by atoms with Gasteiger partial charge >= 0.3 is 0 Å². The summed E-state index contributed by atoms with van der Waals surface area (Å²) >= 11 is 3.08. The molecule has 4 nitrogen and oxygen atoms in total. The molecule has 0 aromatic carbocycles. The number of hydrogen-bond donors (Lipinski definition) is 0. The zero-order valence-electron chi connectivity index (χ0n) is 14.3. The summed E-state index contributed by atoms with van der Waals surface area (Å²) in [5.41, 5.74) is 1.34. The van der Waals surface area contributed by atoms with Crippen molar-refractivity contribution in [3.05, 3.63) is 20.8 Å². The van der Waals surface area contributed by atoms with E-state index in [1.54, 1.807) is 11.3 Å². The van der Waals surface area contributed by atoms with E-state index >= 15 is 0 Å². The number of nitrogens with zero attached hydrogens (tertiary/aromatic N) is 3. The number of unbranched alkanes of at least 4 members (excludes halogenated alkanes) is 2. The molecule has 24 heavy (non-hydrogen) atoms. The number of thiophene rings is 1. The number of aryl methyl sites for hydroxylation is 2. The molecule has 0 radical (unpaired) electrons. The SMILES string of the molecule is CCCCCn1c(S[C@@H](C)C#N)nc2sc3c(c2c1=O)CCCC3. The molecule has 0 N–H and O–H groups in total. The molecule has 2 heterocycles. The Hall–Kier alpha value is -1.32. The zero-order chi connectivity index (χ0) is 17.1. The first-order valence-electron chi connectivity index (χ1n) is 8.77. The first-order valence-corrected chi connectivity index (χ1v) is 10.5. The van der Waals surface area contributed by atoms with Gasteiger partial charge < -0.3 is 0 Å². The van der Waals surface area contributed by atoms with Gasteiger partial charge in [-0.15, -0.1) is 11.3 Å². The Bertz CT molecular complexity index is 831. The van der Waals surface area contributed by atoms with E-state index in [-0.39, 0.29) is 10.8 Å². The van der Waals surface area contributed by atoms with Crippen LogP contribution in [0.25, 0.3) is 10.2 Å². The van der Waals surface area contributed by atoms with Crippen LogP contribution in [-0.4, -0.2) is 14.8 Å². The van der Waals surface area contributed by atoms with Crippen LogP contribution >= 0.6 is 23.1 Å². The molecular formula is C18H23N3OS2. The summed E-state index contributed by atoms with van der Waals surface area (Å²) in [4.78, 5) is 20.2. The number of aromatic nitrogens is 2. The van der Waals surface area contributed by atoms with Gasteiger partial charge in [-0.3, -0.25) is 9.36 Å². The van der Waals surface area contributed by atoms with Crippen LogP contribution in [0.15, 0.2) is 9.95 Å². The average molecular weight is 362 g/mol. The molecule has 0 fully saturated rings. The van der Waals surface area contributed by atoms with E-state index in [0.717, 1.165) is 48.7 Å². The van der Waals surface area contributed by atoms with Gasteiger partial charge in [-0.25, -0.2) is 4.98 Å². The van der Waals surface area contributed by atoms with Crippen molar-refractivity contribution >= 4 is 33.3 Å². The summed E-state index contributed by atoms with van der Waals surface area (Å²) in [6, 6.07) is 2.24. The van der Waals surface area contributed by atoms with Crippen molar-refractivity contribution < 1.29 is 0 Å². The van der Waals surface area contributed by atoms with E-state index in [1.165, 1.54) is 28.6 Å². The smallest absolute Gasteiger partial charge is 0.263 e. The van der Waals surface area contributed by atoms with Gasteiger partial charge in [0, 0.05) is 11.4 Å². The first kappa shape index (κ1) is 17.5. The Labute approximate surface area is 150 Å². The predicted molar refractivity (Wildman–Crippen MR) is 101 cm³/mol. The summed E-state index contributed by atoms with van der Waals surface area (Å²) < 4.78 is 1.82. The molecule has 3 rings (SSSR count). The molecule has 0 spiro atoms. The summed E-state index contributed by atoms with van der Waals surface area (Å²) in [5, 5.41) is 10.5. The second kappa shape index (κ2) is 7.71. The summed E-state index contributed by atoms with van der Waals surface area (Å²) in [6.45, 7) is 4.71. The highest BCUT2D eigenvalue weighted by atomic mass is 32.2. The molecule has 2 aromatic heterocycles. The van der Waals surface area contributed by atoms with Crippen molar-refractivity contribution in [2.45, 2.75) is 75.7 Å². The Morgan fingerprint density at radius 1 is 1.38 bits per heavy atom. The van der Waals surface area contributed by atoms with Crippen molar-refractivity contribution in [2.24, 2.45) is 0 Å². The van der Waals surface area contributed by atoms with E-state index in [4.69, 9.17) is 10.2 Å². The lowest BCUT2D eigenvalue weighted by Crippen LogP contribution is -2.24. The minimum Gasteiger partial charge on any atom is -0.287 e. The molecule has 0 saturated heterocycles. The zero-order valence-corrected chi connectivity index (χ0v) is 15.9. The van der Waals surface area contributed by atoms with Crippen molar-refractivity contribution in [3.8, 4) is 6.07 Å². The van der Waals surface area contributed by atoms with Crippen LogP contribution in [-0.2, 0) is 19.4 Å². The quantitative estimate of drug-likeness (QED) is 0.431. The van der Waals surface area contributed by atoms with Gasteiger partial charge in [0.15, 0.2) is 5.16 Å². The summed E-state index contributed by atoms with van der Waals surface area (Å²) in [7, 11) is 0. The van der Waals surface area contributed by atoms with E-state index in [1.807, 2.05) is 11.5 Å². The highest BCUT2D eigenvalue weighted by molar-refractivity contribution is 8.00. The lowest BCUT2D eigenvalue weighted by molar-refractivity contribution is 0.541. The lowest BCUT2D eigenvalue weighted by Gasteiger charge is -2.14. The van der Waals surface area contributed by atoms with Crippen LogP contribution in [0.3, 0.4) is 0 Å².